The third-order valence-corrected chi connectivity index (χ3v) is 5.28. The third kappa shape index (κ3) is 5.47. The van der Waals surface area contributed by atoms with Gasteiger partial charge in [-0.05, 0) is 37.6 Å². The van der Waals surface area contributed by atoms with Gasteiger partial charge in [0.2, 0.25) is 5.82 Å². The standard InChI is InChI=1S/C15H16FN5O3.C10H12O/c1-7-6-19-13(17)12-11(20-14(21(7)12)15(22,23)24)9-4-3-8(18-2)5-10(9)16;1-3-10(11)9-6-4-5-8(2)7-9/h3-6,18,22-24H,1-2H3,(H2,17,19);3-7,10-11H,1H2,2H3. The van der Waals surface area contributed by atoms with E-state index in [1.54, 1.807) is 20.0 Å². The number of nitrogens with two attached hydrogens (primary N) is 1. The lowest BCUT2D eigenvalue weighted by molar-refractivity contribution is -0.329. The van der Waals surface area contributed by atoms with Crippen molar-refractivity contribution in [1.29, 1.82) is 0 Å². The lowest BCUT2D eigenvalue weighted by atomic mass is 10.1. The Hall–Kier alpha value is -3.83. The van der Waals surface area contributed by atoms with Crippen molar-refractivity contribution in [2.24, 2.45) is 0 Å². The van der Waals surface area contributed by atoms with Crippen LogP contribution in [-0.2, 0) is 5.97 Å². The van der Waals surface area contributed by atoms with Gasteiger partial charge in [-0.15, -0.1) is 6.58 Å². The first-order valence-electron chi connectivity index (χ1n) is 10.6. The summed E-state index contributed by atoms with van der Waals surface area (Å²) in [5, 5.41) is 40.9. The maximum Gasteiger partial charge on any atom is 0.339 e. The molecule has 0 radical (unpaired) electrons. The second-order valence-electron chi connectivity index (χ2n) is 7.93. The number of fused-ring (bicyclic) bond motifs is 1. The monoisotopic (exact) mass is 481 g/mol. The Bertz CT molecular complexity index is 1360. The number of aliphatic hydroxyl groups excluding tert-OH is 1. The van der Waals surface area contributed by atoms with E-state index in [1.165, 1.54) is 28.8 Å². The average molecular weight is 482 g/mol. The maximum absolute atomic E-state index is 14.5. The quantitative estimate of drug-likeness (QED) is 0.188. The van der Waals surface area contributed by atoms with Crippen LogP contribution >= 0.6 is 0 Å². The zero-order chi connectivity index (χ0) is 25.9. The van der Waals surface area contributed by atoms with Crippen LogP contribution in [0.4, 0.5) is 15.9 Å². The van der Waals surface area contributed by atoms with Crippen molar-refractivity contribution >= 4 is 17.0 Å². The number of imidazole rings is 1. The first-order valence-corrected chi connectivity index (χ1v) is 10.6. The molecule has 0 aliphatic rings. The van der Waals surface area contributed by atoms with E-state index in [9.17, 15) is 24.8 Å². The molecule has 0 saturated carbocycles. The molecule has 184 valence electrons. The number of nitrogen functional groups attached to an aromatic ring is 1. The van der Waals surface area contributed by atoms with Crippen LogP contribution in [0.3, 0.4) is 0 Å². The number of nitrogens with zero attached hydrogens (tertiary/aromatic N) is 3. The minimum absolute atomic E-state index is 0.00990. The summed E-state index contributed by atoms with van der Waals surface area (Å²) >= 11 is 0. The van der Waals surface area contributed by atoms with Crippen molar-refractivity contribution in [2.75, 3.05) is 18.1 Å². The van der Waals surface area contributed by atoms with Crippen LogP contribution in [0, 0.1) is 19.7 Å². The number of anilines is 2. The molecule has 10 heteroatoms. The smallest absolute Gasteiger partial charge is 0.339 e. The van der Waals surface area contributed by atoms with Crippen molar-refractivity contribution in [2.45, 2.75) is 25.9 Å². The topological polar surface area (TPSA) is 149 Å². The Morgan fingerprint density at radius 2 is 1.89 bits per heavy atom. The largest absolute Gasteiger partial charge is 0.388 e. The summed E-state index contributed by atoms with van der Waals surface area (Å²) < 4.78 is 15.7. The molecular weight excluding hydrogens is 453 g/mol. The molecule has 0 saturated heterocycles. The van der Waals surface area contributed by atoms with E-state index >= 15 is 0 Å². The van der Waals surface area contributed by atoms with Gasteiger partial charge >= 0.3 is 5.97 Å². The van der Waals surface area contributed by atoms with E-state index in [4.69, 9.17) is 5.73 Å². The molecule has 0 amide bonds. The minimum Gasteiger partial charge on any atom is -0.388 e. The SMILES string of the molecule is C=CC(O)c1cccc(C)c1.CNc1ccc(-c2nc(C(O)(O)O)n3c(C)cnc(N)c23)c(F)c1. The van der Waals surface area contributed by atoms with E-state index in [0.717, 1.165) is 11.1 Å². The van der Waals surface area contributed by atoms with Gasteiger partial charge in [-0.3, -0.25) is 4.40 Å². The fraction of sp³-hybridized carbons (Fsp3) is 0.200. The number of nitrogens with one attached hydrogen (secondary N) is 1. The van der Waals surface area contributed by atoms with Crippen LogP contribution in [0.2, 0.25) is 0 Å². The molecule has 2 heterocycles. The predicted octanol–water partition coefficient (Wildman–Crippen LogP) is 2.77. The Labute approximate surface area is 201 Å². The van der Waals surface area contributed by atoms with Crippen LogP contribution in [0.15, 0.2) is 61.3 Å². The van der Waals surface area contributed by atoms with Crippen LogP contribution in [0.25, 0.3) is 16.8 Å². The van der Waals surface area contributed by atoms with Crippen LogP contribution in [0.1, 0.15) is 28.7 Å². The second kappa shape index (κ2) is 10.2. The number of halogens is 1. The molecule has 4 rings (SSSR count). The summed E-state index contributed by atoms with van der Waals surface area (Å²) in [7, 11) is 1.65. The van der Waals surface area contributed by atoms with Crippen LogP contribution in [0.5, 0.6) is 0 Å². The van der Waals surface area contributed by atoms with Gasteiger partial charge in [0, 0.05) is 30.2 Å². The van der Waals surface area contributed by atoms with Gasteiger partial charge < -0.3 is 31.5 Å². The zero-order valence-electron chi connectivity index (χ0n) is 19.6. The average Bonchev–Trinajstić information content (AvgIpc) is 3.23. The zero-order valence-corrected chi connectivity index (χ0v) is 19.6. The van der Waals surface area contributed by atoms with Gasteiger partial charge in [0.15, 0.2) is 0 Å². The molecule has 2 aromatic heterocycles. The van der Waals surface area contributed by atoms with Crippen LogP contribution < -0.4 is 11.1 Å². The molecule has 7 N–H and O–H groups in total. The Morgan fingerprint density at radius 3 is 2.46 bits per heavy atom. The summed E-state index contributed by atoms with van der Waals surface area (Å²) in [5.74, 6) is -4.30. The number of aryl methyl sites for hydroxylation is 2. The van der Waals surface area contributed by atoms with Crippen molar-refractivity contribution in [3.63, 3.8) is 0 Å². The first-order chi connectivity index (χ1) is 16.5. The lowest BCUT2D eigenvalue weighted by Crippen LogP contribution is -2.27. The number of aromatic nitrogens is 3. The fourth-order valence-electron chi connectivity index (χ4n) is 3.55. The van der Waals surface area contributed by atoms with Crippen molar-refractivity contribution in [3.05, 3.63) is 89.8 Å². The summed E-state index contributed by atoms with van der Waals surface area (Å²) in [5.41, 5.74) is 9.22. The highest BCUT2D eigenvalue weighted by Gasteiger charge is 2.32. The Morgan fingerprint density at radius 1 is 1.17 bits per heavy atom. The highest BCUT2D eigenvalue weighted by Crippen LogP contribution is 2.33. The lowest BCUT2D eigenvalue weighted by Gasteiger charge is -2.13. The summed E-state index contributed by atoms with van der Waals surface area (Å²) in [6.45, 7) is 7.13. The number of aliphatic hydroxyl groups is 4. The van der Waals surface area contributed by atoms with E-state index in [1.807, 2.05) is 31.2 Å². The van der Waals surface area contributed by atoms with Crippen molar-refractivity contribution in [3.8, 4) is 11.3 Å². The van der Waals surface area contributed by atoms with E-state index in [0.29, 0.717) is 11.4 Å². The molecule has 0 fully saturated rings. The van der Waals surface area contributed by atoms with Gasteiger partial charge in [-0.25, -0.2) is 14.4 Å². The molecule has 0 spiro atoms. The fourth-order valence-corrected chi connectivity index (χ4v) is 3.55. The van der Waals surface area contributed by atoms with Gasteiger partial charge in [0.1, 0.15) is 22.8 Å². The molecule has 4 aromatic rings. The number of rotatable bonds is 5. The highest BCUT2D eigenvalue weighted by atomic mass is 19.1. The first kappa shape index (κ1) is 25.8. The molecule has 2 aromatic carbocycles. The highest BCUT2D eigenvalue weighted by molar-refractivity contribution is 5.86. The third-order valence-electron chi connectivity index (χ3n) is 5.28. The van der Waals surface area contributed by atoms with E-state index in [-0.39, 0.29) is 22.6 Å². The molecule has 35 heavy (non-hydrogen) atoms. The number of hydrogen-bond donors (Lipinski definition) is 6. The summed E-state index contributed by atoms with van der Waals surface area (Å²) in [6.07, 6.45) is 2.37. The molecule has 0 aliphatic heterocycles. The second-order valence-corrected chi connectivity index (χ2v) is 7.93. The van der Waals surface area contributed by atoms with E-state index in [2.05, 4.69) is 21.9 Å². The molecule has 0 aliphatic carbocycles. The predicted molar refractivity (Wildman–Crippen MR) is 132 cm³/mol. The molecule has 1 unspecified atom stereocenters. The van der Waals surface area contributed by atoms with Gasteiger partial charge in [0.25, 0.3) is 0 Å². The molecular formula is C25H28FN5O4. The van der Waals surface area contributed by atoms with Crippen molar-refractivity contribution < 1.29 is 24.8 Å². The maximum atomic E-state index is 14.5. The summed E-state index contributed by atoms with van der Waals surface area (Å²) in [4.78, 5) is 7.99. The Balaban J connectivity index is 0.000000261. The van der Waals surface area contributed by atoms with E-state index < -0.39 is 23.7 Å². The van der Waals surface area contributed by atoms with Gasteiger partial charge in [0.05, 0.1) is 6.10 Å². The van der Waals surface area contributed by atoms with Gasteiger partial charge in [-0.1, -0.05) is 35.9 Å². The normalized spacial score (nSPS) is 12.1. The summed E-state index contributed by atoms with van der Waals surface area (Å²) in [6, 6.07) is 12.1. The van der Waals surface area contributed by atoms with Gasteiger partial charge in [-0.2, -0.15) is 0 Å². The Kier molecular flexibility index (Phi) is 7.51. The number of hydrogen-bond acceptors (Lipinski definition) is 8. The molecule has 0 bridgehead atoms. The molecule has 9 nitrogen and oxygen atoms in total. The molecule has 1 atom stereocenters. The van der Waals surface area contributed by atoms with Crippen molar-refractivity contribution in [1.82, 2.24) is 14.4 Å². The minimum atomic E-state index is -3.22. The number of benzene rings is 2. The van der Waals surface area contributed by atoms with Crippen LogP contribution in [-0.4, -0.2) is 41.8 Å².